The summed E-state index contributed by atoms with van der Waals surface area (Å²) in [6.07, 6.45) is 4.00. The number of carbonyl (C=O) groups is 1. The van der Waals surface area contributed by atoms with Crippen LogP contribution in [0, 0.1) is 5.92 Å². The molecule has 0 spiro atoms. The first-order valence-corrected chi connectivity index (χ1v) is 6.19. The number of ketones is 1. The number of nitrogens with one attached hydrogen (secondary N) is 1. The van der Waals surface area contributed by atoms with Crippen LogP contribution in [-0.2, 0) is 0 Å². The Kier molecular flexibility index (Phi) is 2.52. The van der Waals surface area contributed by atoms with Gasteiger partial charge in [-0.15, -0.1) is 0 Å². The third kappa shape index (κ3) is 1.67. The van der Waals surface area contributed by atoms with Crippen LogP contribution in [-0.4, -0.2) is 18.9 Å². The smallest absolute Gasteiger partial charge is 0.168 e. The monoisotopic (exact) mass is 215 g/mol. The second-order valence-corrected chi connectivity index (χ2v) is 4.97. The fourth-order valence-electron chi connectivity index (χ4n) is 2.37. The molecule has 1 N–H and O–H groups in total. The predicted octanol–water partition coefficient (Wildman–Crippen LogP) is 2.36. The first kappa shape index (κ1) is 10.0. The molecular formula is C14H17NO. The summed E-state index contributed by atoms with van der Waals surface area (Å²) in [5.41, 5.74) is 2.30. The lowest BCUT2D eigenvalue weighted by Crippen LogP contribution is -2.46. The molecule has 1 aromatic rings. The Morgan fingerprint density at radius 3 is 2.25 bits per heavy atom. The topological polar surface area (TPSA) is 29.1 Å². The maximum atomic E-state index is 12.0. The number of benzene rings is 1. The van der Waals surface area contributed by atoms with Gasteiger partial charge in [0.25, 0.3) is 0 Å². The van der Waals surface area contributed by atoms with Crippen LogP contribution >= 0.6 is 0 Å². The molecule has 1 aliphatic heterocycles. The molecule has 0 unspecified atom stereocenters. The fourth-order valence-corrected chi connectivity index (χ4v) is 2.37. The lowest BCUT2D eigenvalue weighted by molar-refractivity contribution is 0.0878. The van der Waals surface area contributed by atoms with Gasteiger partial charge in [-0.05, 0) is 24.3 Å². The normalized spacial score (nSPS) is 21.2. The summed E-state index contributed by atoms with van der Waals surface area (Å²) < 4.78 is 0. The molecular weight excluding hydrogens is 198 g/mol. The van der Waals surface area contributed by atoms with Crippen LogP contribution in [0.4, 0.5) is 0 Å². The van der Waals surface area contributed by atoms with Crippen LogP contribution in [0.3, 0.4) is 0 Å². The van der Waals surface area contributed by atoms with Crippen LogP contribution in [0.25, 0.3) is 0 Å². The zero-order chi connectivity index (χ0) is 11.0. The molecule has 0 aromatic heterocycles. The van der Waals surface area contributed by atoms with Crippen LogP contribution in [0.1, 0.15) is 41.1 Å². The van der Waals surface area contributed by atoms with E-state index in [-0.39, 0.29) is 5.92 Å². The summed E-state index contributed by atoms with van der Waals surface area (Å²) in [6.45, 7) is 1.70. The predicted molar refractivity (Wildman–Crippen MR) is 63.7 cm³/mol. The number of carbonyl (C=O) groups excluding carboxylic acids is 1. The van der Waals surface area contributed by atoms with Crippen LogP contribution < -0.4 is 5.32 Å². The fraction of sp³-hybridized carbons (Fsp3) is 0.500. The standard InChI is InChI=1S/C14H17NO/c16-14(13-8-15-9-13)12-6-4-11(5-7-12)10-2-1-3-10/h4-7,10,13,15H,1-3,8-9H2. The molecule has 1 heterocycles. The average molecular weight is 215 g/mol. The molecule has 0 bridgehead atoms. The second-order valence-electron chi connectivity index (χ2n) is 4.97. The van der Waals surface area contributed by atoms with Gasteiger partial charge in [-0.3, -0.25) is 4.79 Å². The highest BCUT2D eigenvalue weighted by molar-refractivity contribution is 5.98. The molecule has 1 aliphatic carbocycles. The van der Waals surface area contributed by atoms with Gasteiger partial charge in [0.15, 0.2) is 5.78 Å². The Balaban J connectivity index is 1.73. The van der Waals surface area contributed by atoms with E-state index in [2.05, 4.69) is 17.4 Å². The summed E-state index contributed by atoms with van der Waals surface area (Å²) >= 11 is 0. The molecule has 0 atom stereocenters. The van der Waals surface area contributed by atoms with Crippen molar-refractivity contribution < 1.29 is 4.79 Å². The zero-order valence-electron chi connectivity index (χ0n) is 9.41. The van der Waals surface area contributed by atoms with Crippen molar-refractivity contribution in [2.24, 2.45) is 5.92 Å². The second kappa shape index (κ2) is 4.02. The van der Waals surface area contributed by atoms with Crippen molar-refractivity contribution in [3.63, 3.8) is 0 Å². The molecule has 84 valence electrons. The van der Waals surface area contributed by atoms with Gasteiger partial charge in [0.1, 0.15) is 0 Å². The van der Waals surface area contributed by atoms with E-state index in [1.807, 2.05) is 12.1 Å². The van der Waals surface area contributed by atoms with Crippen LogP contribution in [0.5, 0.6) is 0 Å². The van der Waals surface area contributed by atoms with E-state index in [1.165, 1.54) is 24.8 Å². The van der Waals surface area contributed by atoms with Crippen molar-refractivity contribution in [1.82, 2.24) is 5.32 Å². The molecule has 1 saturated carbocycles. The lowest BCUT2D eigenvalue weighted by Gasteiger charge is -2.27. The van der Waals surface area contributed by atoms with Crippen LogP contribution in [0.2, 0.25) is 0 Å². The van der Waals surface area contributed by atoms with Crippen molar-refractivity contribution in [3.8, 4) is 0 Å². The minimum absolute atomic E-state index is 0.217. The summed E-state index contributed by atoms with van der Waals surface area (Å²) in [7, 11) is 0. The minimum atomic E-state index is 0.217. The van der Waals surface area contributed by atoms with Gasteiger partial charge >= 0.3 is 0 Å². The summed E-state index contributed by atoms with van der Waals surface area (Å²) in [4.78, 5) is 12.0. The molecule has 2 aliphatic rings. The maximum Gasteiger partial charge on any atom is 0.168 e. The van der Waals surface area contributed by atoms with Gasteiger partial charge in [-0.25, -0.2) is 0 Å². The first-order chi connectivity index (χ1) is 7.84. The number of rotatable bonds is 3. The molecule has 2 fully saturated rings. The van der Waals surface area contributed by atoms with Crippen molar-refractivity contribution in [1.29, 1.82) is 0 Å². The highest BCUT2D eigenvalue weighted by Gasteiger charge is 2.26. The van der Waals surface area contributed by atoms with E-state index in [0.717, 1.165) is 24.6 Å². The molecule has 2 nitrogen and oxygen atoms in total. The van der Waals surface area contributed by atoms with Crippen molar-refractivity contribution in [2.75, 3.05) is 13.1 Å². The van der Waals surface area contributed by atoms with E-state index >= 15 is 0 Å². The van der Waals surface area contributed by atoms with Gasteiger partial charge in [-0.2, -0.15) is 0 Å². The van der Waals surface area contributed by atoms with E-state index in [0.29, 0.717) is 5.78 Å². The van der Waals surface area contributed by atoms with Gasteiger partial charge in [0.05, 0.1) is 0 Å². The summed E-state index contributed by atoms with van der Waals surface area (Å²) in [5.74, 6) is 1.28. The highest BCUT2D eigenvalue weighted by atomic mass is 16.1. The Bertz CT molecular complexity index is 388. The third-order valence-corrected chi connectivity index (χ3v) is 3.92. The zero-order valence-corrected chi connectivity index (χ0v) is 9.41. The van der Waals surface area contributed by atoms with Gasteiger partial charge in [0.2, 0.25) is 0 Å². The molecule has 0 radical (unpaired) electrons. The van der Waals surface area contributed by atoms with E-state index in [9.17, 15) is 4.79 Å². The number of hydrogen-bond acceptors (Lipinski definition) is 2. The quantitative estimate of drug-likeness (QED) is 0.784. The average Bonchev–Trinajstić information content (AvgIpc) is 2.13. The first-order valence-electron chi connectivity index (χ1n) is 6.19. The maximum absolute atomic E-state index is 12.0. The highest BCUT2D eigenvalue weighted by Crippen LogP contribution is 2.36. The van der Waals surface area contributed by atoms with E-state index < -0.39 is 0 Å². The lowest BCUT2D eigenvalue weighted by atomic mass is 9.79. The summed E-state index contributed by atoms with van der Waals surface area (Å²) in [5, 5.41) is 3.14. The Morgan fingerprint density at radius 2 is 1.81 bits per heavy atom. The van der Waals surface area contributed by atoms with Crippen molar-refractivity contribution >= 4 is 5.78 Å². The molecule has 0 amide bonds. The van der Waals surface area contributed by atoms with E-state index in [1.54, 1.807) is 0 Å². The van der Waals surface area contributed by atoms with Crippen molar-refractivity contribution in [2.45, 2.75) is 25.2 Å². The molecule has 16 heavy (non-hydrogen) atoms. The SMILES string of the molecule is O=C(c1ccc(C2CCC2)cc1)C1CNC1. The van der Waals surface area contributed by atoms with Crippen molar-refractivity contribution in [3.05, 3.63) is 35.4 Å². The van der Waals surface area contributed by atoms with Crippen LogP contribution in [0.15, 0.2) is 24.3 Å². The van der Waals surface area contributed by atoms with E-state index in [4.69, 9.17) is 0 Å². The number of hydrogen-bond donors (Lipinski definition) is 1. The largest absolute Gasteiger partial charge is 0.315 e. The third-order valence-electron chi connectivity index (χ3n) is 3.92. The Labute approximate surface area is 96.1 Å². The molecule has 3 rings (SSSR count). The summed E-state index contributed by atoms with van der Waals surface area (Å²) in [6, 6.07) is 8.30. The Morgan fingerprint density at radius 1 is 1.12 bits per heavy atom. The molecule has 1 saturated heterocycles. The molecule has 2 heteroatoms. The molecule has 1 aromatic carbocycles. The van der Waals surface area contributed by atoms with Gasteiger partial charge < -0.3 is 5.32 Å². The minimum Gasteiger partial charge on any atom is -0.315 e. The van der Waals surface area contributed by atoms with Gasteiger partial charge in [-0.1, -0.05) is 30.7 Å². The Hall–Kier alpha value is -1.15. The van der Waals surface area contributed by atoms with Gasteiger partial charge in [0, 0.05) is 24.6 Å². The number of Topliss-reactive ketones (excluding diaryl/α,β-unsaturated/α-hetero) is 1.